The molecular formula is C30H51N9. The second kappa shape index (κ2) is 18.8. The lowest BCUT2D eigenvalue weighted by Crippen LogP contribution is -2.16. The predicted octanol–water partition coefficient (Wildman–Crippen LogP) is 7.26. The number of anilines is 3. The molecule has 9 nitrogen and oxygen atoms in total. The summed E-state index contributed by atoms with van der Waals surface area (Å²) in [6.07, 6.45) is 7.58. The van der Waals surface area contributed by atoms with Crippen LogP contribution in [-0.4, -0.2) is 49.0 Å². The topological polar surface area (TPSA) is 113 Å². The molecule has 0 saturated carbocycles. The van der Waals surface area contributed by atoms with E-state index in [1.165, 1.54) is 0 Å². The van der Waals surface area contributed by atoms with Crippen LogP contribution >= 0.6 is 0 Å². The molecule has 3 aromatic heterocycles. The Morgan fingerprint density at radius 1 is 0.590 bits per heavy atom. The summed E-state index contributed by atoms with van der Waals surface area (Å²) in [5.41, 5.74) is 3.26. The van der Waals surface area contributed by atoms with Crippen LogP contribution in [0.5, 0.6) is 0 Å². The quantitative estimate of drug-likeness (QED) is 0.232. The molecule has 1 atom stereocenters. The van der Waals surface area contributed by atoms with Crippen LogP contribution in [0.2, 0.25) is 0 Å². The summed E-state index contributed by atoms with van der Waals surface area (Å²) in [5.74, 6) is 3.59. The maximum atomic E-state index is 4.44. The van der Waals surface area contributed by atoms with E-state index in [-0.39, 0.29) is 0 Å². The summed E-state index contributed by atoms with van der Waals surface area (Å²) in [5, 5.41) is 9.51. The highest BCUT2D eigenvalue weighted by Gasteiger charge is 2.05. The molecule has 9 heteroatoms. The molecule has 0 fully saturated rings. The van der Waals surface area contributed by atoms with Gasteiger partial charge in [-0.3, -0.25) is 0 Å². The minimum absolute atomic E-state index is 0.428. The highest BCUT2D eigenvalue weighted by molar-refractivity contribution is 5.28. The van der Waals surface area contributed by atoms with Crippen molar-refractivity contribution in [2.45, 2.75) is 106 Å². The molecule has 0 radical (unpaired) electrons. The molecule has 3 aromatic rings. The lowest BCUT2D eigenvalue weighted by Gasteiger charge is -2.12. The first-order valence-electron chi connectivity index (χ1n) is 14.3. The first-order chi connectivity index (χ1) is 18.6. The average Bonchev–Trinajstić information content (AvgIpc) is 2.93. The third-order valence-electron chi connectivity index (χ3n) is 5.66. The molecule has 0 unspecified atom stereocenters. The van der Waals surface area contributed by atoms with Crippen LogP contribution in [0.15, 0.2) is 36.8 Å². The summed E-state index contributed by atoms with van der Waals surface area (Å²) in [6, 6.07) is 6.30. The van der Waals surface area contributed by atoms with Gasteiger partial charge in [-0.05, 0) is 62.6 Å². The fraction of sp³-hybridized carbons (Fsp3) is 0.600. The Bertz CT molecular complexity index is 1050. The largest absolute Gasteiger partial charge is 0.354 e. The van der Waals surface area contributed by atoms with Gasteiger partial charge in [-0.25, -0.2) is 29.9 Å². The molecule has 0 aliphatic carbocycles. The standard InChI is InChI=1S/C11H19N3.C10H17N3.C9H15N3/c1-5-9(4)13-11-12-7-6-10(14-11)8(2)3;1-4-6-11-10-12-7-5-9(13-10)8(2)3;1-4-10-9-11-6-5-8(12-9)7(2)3/h6-9H,5H2,1-4H3,(H,12,13,14);5,7-8H,4,6H2,1-3H3,(H,11,12,13);5-7H,4H2,1-3H3,(H,10,11,12)/t9-;;/m0../s1. The number of hydrogen-bond donors (Lipinski definition) is 3. The van der Waals surface area contributed by atoms with Crippen molar-refractivity contribution in [2.75, 3.05) is 29.0 Å². The highest BCUT2D eigenvalue weighted by Crippen LogP contribution is 2.13. The van der Waals surface area contributed by atoms with Crippen LogP contribution in [-0.2, 0) is 0 Å². The number of nitrogens with one attached hydrogen (secondary N) is 3. The Morgan fingerprint density at radius 3 is 1.38 bits per heavy atom. The molecule has 3 N–H and O–H groups in total. The summed E-state index contributed by atoms with van der Waals surface area (Å²) in [7, 11) is 0. The summed E-state index contributed by atoms with van der Waals surface area (Å²) in [4.78, 5) is 25.6. The fourth-order valence-electron chi connectivity index (χ4n) is 3.04. The minimum atomic E-state index is 0.428. The highest BCUT2D eigenvalue weighted by atomic mass is 15.1. The van der Waals surface area contributed by atoms with Gasteiger partial charge in [0.05, 0.1) is 0 Å². The van der Waals surface area contributed by atoms with E-state index >= 15 is 0 Å². The van der Waals surface area contributed by atoms with Crippen LogP contribution in [0.4, 0.5) is 17.8 Å². The molecule has 0 aliphatic rings. The van der Waals surface area contributed by atoms with Crippen molar-refractivity contribution in [1.82, 2.24) is 29.9 Å². The monoisotopic (exact) mass is 537 g/mol. The zero-order valence-electron chi connectivity index (χ0n) is 25.8. The third-order valence-corrected chi connectivity index (χ3v) is 5.66. The van der Waals surface area contributed by atoms with E-state index in [1.54, 1.807) is 12.4 Å². The van der Waals surface area contributed by atoms with Crippen molar-refractivity contribution in [3.63, 3.8) is 0 Å². The number of nitrogens with zero attached hydrogens (tertiary/aromatic N) is 6. The molecule has 216 valence electrons. The predicted molar refractivity (Wildman–Crippen MR) is 165 cm³/mol. The second-order valence-corrected chi connectivity index (χ2v) is 10.3. The smallest absolute Gasteiger partial charge is 0.223 e. The summed E-state index contributed by atoms with van der Waals surface area (Å²) in [6.45, 7) is 23.0. The van der Waals surface area contributed by atoms with Crippen molar-refractivity contribution >= 4 is 17.8 Å². The van der Waals surface area contributed by atoms with Gasteiger partial charge in [0.25, 0.3) is 0 Å². The van der Waals surface area contributed by atoms with Gasteiger partial charge >= 0.3 is 0 Å². The van der Waals surface area contributed by atoms with Crippen LogP contribution in [0.1, 0.15) is 117 Å². The normalized spacial score (nSPS) is 11.3. The third kappa shape index (κ3) is 13.8. The zero-order valence-corrected chi connectivity index (χ0v) is 25.8. The van der Waals surface area contributed by atoms with E-state index in [2.05, 4.69) is 108 Å². The van der Waals surface area contributed by atoms with Gasteiger partial charge in [0, 0.05) is 54.8 Å². The molecule has 0 aliphatic heterocycles. The zero-order chi connectivity index (χ0) is 29.2. The van der Waals surface area contributed by atoms with Crippen molar-refractivity contribution in [2.24, 2.45) is 0 Å². The van der Waals surface area contributed by atoms with E-state index in [1.807, 2.05) is 31.3 Å². The van der Waals surface area contributed by atoms with Crippen LogP contribution in [0, 0.1) is 0 Å². The molecule has 0 bridgehead atoms. The van der Waals surface area contributed by atoms with Crippen molar-refractivity contribution in [1.29, 1.82) is 0 Å². The Balaban J connectivity index is 0.000000293. The molecule has 0 amide bonds. The van der Waals surface area contributed by atoms with Gasteiger partial charge in [-0.15, -0.1) is 0 Å². The number of aromatic nitrogens is 6. The molecule has 39 heavy (non-hydrogen) atoms. The van der Waals surface area contributed by atoms with Crippen molar-refractivity contribution in [3.05, 3.63) is 53.9 Å². The summed E-state index contributed by atoms with van der Waals surface area (Å²) >= 11 is 0. The molecule has 3 heterocycles. The van der Waals surface area contributed by atoms with E-state index in [0.717, 1.165) is 60.9 Å². The Hall–Kier alpha value is -3.36. The van der Waals surface area contributed by atoms with Gasteiger partial charge in [-0.2, -0.15) is 0 Å². The number of rotatable bonds is 11. The SMILES string of the molecule is CCCNc1nccc(C(C)C)n1.CCNc1nccc(C(C)C)n1.CC[C@H](C)Nc1nccc(C(C)C)n1. The number of hydrogen-bond acceptors (Lipinski definition) is 9. The molecule has 0 aromatic carbocycles. The Kier molecular flexibility index (Phi) is 16.2. The molecule has 3 rings (SSSR count). The molecule has 0 saturated heterocycles. The van der Waals surface area contributed by atoms with Gasteiger partial charge in [0.2, 0.25) is 17.8 Å². The lowest BCUT2D eigenvalue weighted by atomic mass is 10.1. The van der Waals surface area contributed by atoms with Crippen molar-refractivity contribution in [3.8, 4) is 0 Å². The van der Waals surface area contributed by atoms with Crippen LogP contribution in [0.3, 0.4) is 0 Å². The molecule has 0 spiro atoms. The maximum absolute atomic E-state index is 4.44. The average molecular weight is 538 g/mol. The summed E-state index contributed by atoms with van der Waals surface area (Å²) < 4.78 is 0. The minimum Gasteiger partial charge on any atom is -0.354 e. The van der Waals surface area contributed by atoms with Gasteiger partial charge in [-0.1, -0.05) is 55.4 Å². The van der Waals surface area contributed by atoms with Gasteiger partial charge in [0.1, 0.15) is 0 Å². The maximum Gasteiger partial charge on any atom is 0.223 e. The Morgan fingerprint density at radius 2 is 1.00 bits per heavy atom. The van der Waals surface area contributed by atoms with E-state index in [0.29, 0.717) is 23.8 Å². The van der Waals surface area contributed by atoms with E-state index in [9.17, 15) is 0 Å². The first-order valence-corrected chi connectivity index (χ1v) is 14.3. The van der Waals surface area contributed by atoms with E-state index in [4.69, 9.17) is 0 Å². The fourth-order valence-corrected chi connectivity index (χ4v) is 3.04. The second-order valence-electron chi connectivity index (χ2n) is 10.3. The van der Waals surface area contributed by atoms with E-state index < -0.39 is 0 Å². The molecular weight excluding hydrogens is 486 g/mol. The lowest BCUT2D eigenvalue weighted by molar-refractivity contribution is 0.743. The van der Waals surface area contributed by atoms with Crippen LogP contribution in [0.25, 0.3) is 0 Å². The van der Waals surface area contributed by atoms with Crippen LogP contribution < -0.4 is 16.0 Å². The first kappa shape index (κ1) is 33.7. The van der Waals surface area contributed by atoms with Gasteiger partial charge < -0.3 is 16.0 Å². The van der Waals surface area contributed by atoms with Crippen molar-refractivity contribution < 1.29 is 0 Å². The van der Waals surface area contributed by atoms with Gasteiger partial charge in [0.15, 0.2) is 0 Å². The Labute approximate surface area is 236 Å².